The summed E-state index contributed by atoms with van der Waals surface area (Å²) in [7, 11) is 0. The maximum atomic E-state index is 12.4. The molecular formula is C21H16ClN5OS. The molecule has 4 aromatic rings. The Bertz CT molecular complexity index is 1120. The topological polar surface area (TPSA) is 72.7 Å². The molecule has 8 heteroatoms. The first-order valence-corrected chi connectivity index (χ1v) is 10.2. The predicted octanol–water partition coefficient (Wildman–Crippen LogP) is 4.71. The highest BCUT2D eigenvalue weighted by atomic mass is 35.5. The van der Waals surface area contributed by atoms with Crippen LogP contribution in [0, 0.1) is 0 Å². The Morgan fingerprint density at radius 3 is 2.66 bits per heavy atom. The number of benzene rings is 2. The van der Waals surface area contributed by atoms with E-state index < -0.39 is 0 Å². The molecule has 0 aliphatic carbocycles. The highest BCUT2D eigenvalue weighted by Gasteiger charge is 2.17. The van der Waals surface area contributed by atoms with Crippen LogP contribution in [0.25, 0.3) is 17.1 Å². The predicted molar refractivity (Wildman–Crippen MR) is 115 cm³/mol. The minimum absolute atomic E-state index is 0.150. The van der Waals surface area contributed by atoms with Crippen LogP contribution in [-0.4, -0.2) is 31.4 Å². The van der Waals surface area contributed by atoms with Crippen molar-refractivity contribution >= 4 is 35.0 Å². The zero-order chi connectivity index (χ0) is 20.1. The molecule has 0 aliphatic heterocycles. The Kier molecular flexibility index (Phi) is 5.88. The molecule has 2 aromatic carbocycles. The molecule has 29 heavy (non-hydrogen) atoms. The average molecular weight is 422 g/mol. The monoisotopic (exact) mass is 421 g/mol. The number of carbonyl (C=O) groups excluding carboxylic acids is 1. The van der Waals surface area contributed by atoms with Crippen molar-refractivity contribution in [1.82, 2.24) is 19.7 Å². The Morgan fingerprint density at radius 2 is 1.90 bits per heavy atom. The SMILES string of the molecule is O=C(CSc1nnc(-c2cccnc2)n1-c1ccccc1)Nc1cccc(Cl)c1. The van der Waals surface area contributed by atoms with Gasteiger partial charge in [0.2, 0.25) is 5.91 Å². The van der Waals surface area contributed by atoms with Crippen molar-refractivity contribution in [2.75, 3.05) is 11.1 Å². The molecule has 0 spiro atoms. The Labute approximate surface area is 177 Å². The third-order valence-electron chi connectivity index (χ3n) is 4.01. The molecule has 0 atom stereocenters. The van der Waals surface area contributed by atoms with Gasteiger partial charge in [0.25, 0.3) is 0 Å². The molecule has 0 unspecified atom stereocenters. The summed E-state index contributed by atoms with van der Waals surface area (Å²) >= 11 is 7.28. The van der Waals surface area contributed by atoms with Crippen LogP contribution in [0.4, 0.5) is 5.69 Å². The molecule has 0 saturated carbocycles. The summed E-state index contributed by atoms with van der Waals surface area (Å²) in [4.78, 5) is 16.5. The number of halogens is 1. The van der Waals surface area contributed by atoms with Crippen molar-refractivity contribution in [3.8, 4) is 17.1 Å². The van der Waals surface area contributed by atoms with Gasteiger partial charge in [-0.15, -0.1) is 10.2 Å². The Hall–Kier alpha value is -3.16. The Morgan fingerprint density at radius 1 is 1.03 bits per heavy atom. The molecule has 0 fully saturated rings. The van der Waals surface area contributed by atoms with Crippen LogP contribution in [0.15, 0.2) is 84.3 Å². The van der Waals surface area contributed by atoms with E-state index in [4.69, 9.17) is 11.6 Å². The molecule has 144 valence electrons. The van der Waals surface area contributed by atoms with Crippen molar-refractivity contribution in [2.24, 2.45) is 0 Å². The summed E-state index contributed by atoms with van der Waals surface area (Å²) in [5, 5.41) is 12.7. The molecule has 2 aromatic heterocycles. The van der Waals surface area contributed by atoms with Crippen molar-refractivity contribution in [1.29, 1.82) is 0 Å². The van der Waals surface area contributed by atoms with Gasteiger partial charge in [0, 0.05) is 34.4 Å². The lowest BCUT2D eigenvalue weighted by molar-refractivity contribution is -0.113. The summed E-state index contributed by atoms with van der Waals surface area (Å²) in [6.07, 6.45) is 3.45. The van der Waals surface area contributed by atoms with Gasteiger partial charge in [-0.1, -0.05) is 47.6 Å². The number of nitrogens with one attached hydrogen (secondary N) is 1. The van der Waals surface area contributed by atoms with Gasteiger partial charge in [-0.3, -0.25) is 14.3 Å². The van der Waals surface area contributed by atoms with Gasteiger partial charge in [-0.05, 0) is 42.5 Å². The van der Waals surface area contributed by atoms with Crippen LogP contribution in [0.1, 0.15) is 0 Å². The van der Waals surface area contributed by atoms with Gasteiger partial charge in [-0.2, -0.15) is 0 Å². The van der Waals surface area contributed by atoms with Crippen molar-refractivity contribution < 1.29 is 4.79 Å². The van der Waals surface area contributed by atoms with Crippen LogP contribution in [-0.2, 0) is 4.79 Å². The lowest BCUT2D eigenvalue weighted by Crippen LogP contribution is -2.14. The first kappa shape index (κ1) is 19.2. The van der Waals surface area contributed by atoms with Crippen LogP contribution in [0.2, 0.25) is 5.02 Å². The fourth-order valence-corrected chi connectivity index (χ4v) is 3.69. The normalized spacial score (nSPS) is 10.7. The van der Waals surface area contributed by atoms with Gasteiger partial charge < -0.3 is 5.32 Å². The van der Waals surface area contributed by atoms with E-state index in [-0.39, 0.29) is 11.7 Å². The second kappa shape index (κ2) is 8.89. The number of anilines is 1. The number of thioether (sulfide) groups is 1. The van der Waals surface area contributed by atoms with Crippen LogP contribution in [0.3, 0.4) is 0 Å². The minimum atomic E-state index is -0.150. The molecule has 0 saturated heterocycles. The van der Waals surface area contributed by atoms with Crippen molar-refractivity contribution in [2.45, 2.75) is 5.16 Å². The van der Waals surface area contributed by atoms with E-state index in [0.717, 1.165) is 11.3 Å². The van der Waals surface area contributed by atoms with E-state index in [1.165, 1.54) is 11.8 Å². The first-order chi connectivity index (χ1) is 14.2. The lowest BCUT2D eigenvalue weighted by Gasteiger charge is -2.10. The quantitative estimate of drug-likeness (QED) is 0.456. The summed E-state index contributed by atoms with van der Waals surface area (Å²) < 4.78 is 1.92. The zero-order valence-corrected chi connectivity index (χ0v) is 16.8. The zero-order valence-electron chi connectivity index (χ0n) is 15.2. The summed E-state index contributed by atoms with van der Waals surface area (Å²) in [6, 6.07) is 20.6. The number of aromatic nitrogens is 4. The number of nitrogens with zero attached hydrogens (tertiary/aromatic N) is 4. The van der Waals surface area contributed by atoms with Gasteiger partial charge in [0.15, 0.2) is 11.0 Å². The number of hydrogen-bond donors (Lipinski definition) is 1. The number of pyridine rings is 1. The third-order valence-corrected chi connectivity index (χ3v) is 5.17. The number of hydrogen-bond acceptors (Lipinski definition) is 5. The molecular weight excluding hydrogens is 406 g/mol. The molecule has 2 heterocycles. The molecule has 1 amide bonds. The van der Waals surface area contributed by atoms with E-state index in [2.05, 4.69) is 20.5 Å². The smallest absolute Gasteiger partial charge is 0.234 e. The molecule has 1 N–H and O–H groups in total. The van der Waals surface area contributed by atoms with E-state index >= 15 is 0 Å². The second-order valence-corrected chi connectivity index (χ2v) is 7.44. The average Bonchev–Trinajstić information content (AvgIpc) is 3.17. The highest BCUT2D eigenvalue weighted by Crippen LogP contribution is 2.27. The lowest BCUT2D eigenvalue weighted by atomic mass is 10.2. The largest absolute Gasteiger partial charge is 0.325 e. The van der Waals surface area contributed by atoms with Crippen LogP contribution in [0.5, 0.6) is 0 Å². The second-order valence-electron chi connectivity index (χ2n) is 6.07. The van der Waals surface area contributed by atoms with Gasteiger partial charge in [0.05, 0.1) is 5.75 Å². The molecule has 4 rings (SSSR count). The summed E-state index contributed by atoms with van der Waals surface area (Å²) in [5.74, 6) is 0.703. The van der Waals surface area contributed by atoms with Crippen molar-refractivity contribution in [3.63, 3.8) is 0 Å². The summed E-state index contributed by atoms with van der Waals surface area (Å²) in [5.41, 5.74) is 2.41. The van der Waals surface area contributed by atoms with E-state index in [0.29, 0.717) is 21.7 Å². The van der Waals surface area contributed by atoms with E-state index in [1.54, 1.807) is 36.7 Å². The molecule has 0 aliphatic rings. The fraction of sp³-hybridized carbons (Fsp3) is 0.0476. The number of amides is 1. The first-order valence-electron chi connectivity index (χ1n) is 8.80. The highest BCUT2D eigenvalue weighted by molar-refractivity contribution is 7.99. The number of rotatable bonds is 6. The fourth-order valence-electron chi connectivity index (χ4n) is 2.75. The van der Waals surface area contributed by atoms with Crippen LogP contribution >= 0.6 is 23.4 Å². The van der Waals surface area contributed by atoms with E-state index in [9.17, 15) is 4.79 Å². The number of para-hydroxylation sites is 1. The minimum Gasteiger partial charge on any atom is -0.325 e. The van der Waals surface area contributed by atoms with E-state index in [1.807, 2.05) is 47.0 Å². The summed E-state index contributed by atoms with van der Waals surface area (Å²) in [6.45, 7) is 0. The molecule has 0 bridgehead atoms. The van der Waals surface area contributed by atoms with Gasteiger partial charge in [-0.25, -0.2) is 0 Å². The number of carbonyl (C=O) groups is 1. The molecule has 0 radical (unpaired) electrons. The third kappa shape index (κ3) is 4.64. The molecule has 6 nitrogen and oxygen atoms in total. The van der Waals surface area contributed by atoms with Gasteiger partial charge >= 0.3 is 0 Å². The van der Waals surface area contributed by atoms with Crippen molar-refractivity contribution in [3.05, 3.63) is 84.1 Å². The Balaban J connectivity index is 1.57. The maximum absolute atomic E-state index is 12.4. The van der Waals surface area contributed by atoms with Crippen LogP contribution < -0.4 is 5.32 Å². The van der Waals surface area contributed by atoms with Gasteiger partial charge in [0.1, 0.15) is 0 Å². The standard InChI is InChI=1S/C21H16ClN5OS/c22-16-7-4-8-17(12-16)24-19(28)14-29-21-26-25-20(15-6-5-11-23-13-15)27(21)18-9-2-1-3-10-18/h1-13H,14H2,(H,24,28). The maximum Gasteiger partial charge on any atom is 0.234 e.